The molecule has 0 saturated carbocycles. The molecule has 0 heterocycles. The fourth-order valence-electron chi connectivity index (χ4n) is 1.55. The molecule has 1 atom stereocenters. The summed E-state index contributed by atoms with van der Waals surface area (Å²) in [4.78, 5) is 0.313. The Bertz CT molecular complexity index is 470. The van der Waals surface area contributed by atoms with E-state index in [0.717, 1.165) is 5.56 Å². The minimum Gasteiger partial charge on any atom is -0.389 e. The Kier molecular flexibility index (Phi) is 6.44. The molecule has 1 aromatic carbocycles. The highest BCUT2D eigenvalue weighted by molar-refractivity contribution is 7.90. The van der Waals surface area contributed by atoms with Gasteiger partial charge in [0.2, 0.25) is 0 Å². The van der Waals surface area contributed by atoms with Crippen LogP contribution in [-0.2, 0) is 21.1 Å². The van der Waals surface area contributed by atoms with Crippen molar-refractivity contribution in [3.8, 4) is 0 Å². The average molecular weight is 287 g/mol. The summed E-state index contributed by atoms with van der Waals surface area (Å²) >= 11 is 0. The molecule has 19 heavy (non-hydrogen) atoms. The van der Waals surface area contributed by atoms with E-state index in [1.54, 1.807) is 24.3 Å². The first kappa shape index (κ1) is 16.1. The Morgan fingerprint density at radius 2 is 1.95 bits per heavy atom. The summed E-state index contributed by atoms with van der Waals surface area (Å²) in [6.45, 7) is 3.80. The number of hydrogen-bond donors (Lipinski definition) is 2. The summed E-state index contributed by atoms with van der Waals surface area (Å²) in [5, 5.41) is 12.6. The van der Waals surface area contributed by atoms with E-state index in [9.17, 15) is 13.5 Å². The second-order valence-corrected chi connectivity index (χ2v) is 6.38. The summed E-state index contributed by atoms with van der Waals surface area (Å²) in [7, 11) is -3.14. The van der Waals surface area contributed by atoms with Gasteiger partial charge in [-0.3, -0.25) is 0 Å². The van der Waals surface area contributed by atoms with Crippen LogP contribution in [0, 0.1) is 0 Å². The molecule has 0 amide bonds. The Morgan fingerprint density at radius 1 is 1.32 bits per heavy atom. The zero-order chi connectivity index (χ0) is 14.3. The molecule has 0 aliphatic rings. The standard InChI is InChI=1S/C13H21NO4S/c1-3-18-10-12(15)9-14-8-11-4-6-13(7-5-11)19(2,16)17/h4-7,12,14-15H,3,8-10H2,1-2H3. The van der Waals surface area contributed by atoms with E-state index in [1.165, 1.54) is 6.26 Å². The van der Waals surface area contributed by atoms with Crippen LogP contribution in [0.15, 0.2) is 29.2 Å². The highest BCUT2D eigenvalue weighted by Crippen LogP contribution is 2.10. The molecule has 1 rings (SSSR count). The first-order chi connectivity index (χ1) is 8.93. The van der Waals surface area contributed by atoms with Crippen LogP contribution < -0.4 is 5.32 Å². The normalized spacial score (nSPS) is 13.4. The van der Waals surface area contributed by atoms with Crippen LogP contribution in [0.4, 0.5) is 0 Å². The predicted octanol–water partition coefficient (Wildman–Crippen LogP) is 0.577. The SMILES string of the molecule is CCOCC(O)CNCc1ccc(S(C)(=O)=O)cc1. The van der Waals surface area contributed by atoms with Crippen molar-refractivity contribution in [1.82, 2.24) is 5.32 Å². The molecule has 0 saturated heterocycles. The predicted molar refractivity (Wildman–Crippen MR) is 73.8 cm³/mol. The van der Waals surface area contributed by atoms with Gasteiger partial charge in [0.15, 0.2) is 9.84 Å². The molecule has 2 N–H and O–H groups in total. The van der Waals surface area contributed by atoms with Crippen molar-refractivity contribution < 1.29 is 18.3 Å². The largest absolute Gasteiger partial charge is 0.389 e. The van der Waals surface area contributed by atoms with E-state index in [1.807, 2.05) is 6.92 Å². The molecule has 0 aliphatic carbocycles. The second-order valence-electron chi connectivity index (χ2n) is 4.36. The molecule has 1 unspecified atom stereocenters. The number of ether oxygens (including phenoxy) is 1. The molecule has 0 fully saturated rings. The van der Waals surface area contributed by atoms with Crippen LogP contribution in [0.3, 0.4) is 0 Å². The van der Waals surface area contributed by atoms with Crippen molar-refractivity contribution in [2.45, 2.75) is 24.5 Å². The number of aliphatic hydroxyl groups is 1. The number of rotatable bonds is 8. The maximum absolute atomic E-state index is 11.3. The molecule has 108 valence electrons. The molecular formula is C13H21NO4S. The van der Waals surface area contributed by atoms with Crippen molar-refractivity contribution in [2.24, 2.45) is 0 Å². The monoisotopic (exact) mass is 287 g/mol. The molecular weight excluding hydrogens is 266 g/mol. The number of nitrogens with one attached hydrogen (secondary N) is 1. The Hall–Kier alpha value is -0.950. The van der Waals surface area contributed by atoms with Gasteiger partial charge < -0.3 is 15.2 Å². The van der Waals surface area contributed by atoms with E-state index < -0.39 is 15.9 Å². The van der Waals surface area contributed by atoms with Gasteiger partial charge in [-0.2, -0.15) is 0 Å². The second kappa shape index (κ2) is 7.59. The highest BCUT2D eigenvalue weighted by Gasteiger charge is 2.06. The lowest BCUT2D eigenvalue weighted by Gasteiger charge is -2.11. The first-order valence-electron chi connectivity index (χ1n) is 6.19. The van der Waals surface area contributed by atoms with E-state index in [-0.39, 0.29) is 0 Å². The summed E-state index contributed by atoms with van der Waals surface area (Å²) in [6.07, 6.45) is 0.653. The number of sulfone groups is 1. The molecule has 0 bridgehead atoms. The van der Waals surface area contributed by atoms with Gasteiger partial charge in [-0.1, -0.05) is 12.1 Å². The number of aliphatic hydroxyl groups excluding tert-OH is 1. The quantitative estimate of drug-likeness (QED) is 0.731. The third-order valence-corrected chi connectivity index (χ3v) is 3.70. The van der Waals surface area contributed by atoms with Crippen molar-refractivity contribution in [3.05, 3.63) is 29.8 Å². The molecule has 5 nitrogen and oxygen atoms in total. The molecule has 6 heteroatoms. The van der Waals surface area contributed by atoms with E-state index in [4.69, 9.17) is 4.74 Å². The molecule has 0 aliphatic heterocycles. The first-order valence-corrected chi connectivity index (χ1v) is 8.08. The van der Waals surface area contributed by atoms with Gasteiger partial charge in [0.25, 0.3) is 0 Å². The Morgan fingerprint density at radius 3 is 2.47 bits per heavy atom. The van der Waals surface area contributed by atoms with E-state index >= 15 is 0 Å². The average Bonchev–Trinajstić information content (AvgIpc) is 2.36. The summed E-state index contributed by atoms with van der Waals surface area (Å²) in [5.41, 5.74) is 0.969. The molecule has 0 spiro atoms. The third kappa shape index (κ3) is 6.15. The van der Waals surface area contributed by atoms with Gasteiger partial charge in [-0.05, 0) is 24.6 Å². The van der Waals surface area contributed by atoms with Crippen LogP contribution in [0.5, 0.6) is 0 Å². The smallest absolute Gasteiger partial charge is 0.175 e. The highest BCUT2D eigenvalue weighted by atomic mass is 32.2. The van der Waals surface area contributed by atoms with Gasteiger partial charge in [-0.25, -0.2) is 8.42 Å². The number of hydrogen-bond acceptors (Lipinski definition) is 5. The van der Waals surface area contributed by atoms with Crippen molar-refractivity contribution in [2.75, 3.05) is 26.0 Å². The van der Waals surface area contributed by atoms with Gasteiger partial charge in [0.05, 0.1) is 17.6 Å². The molecule has 1 aromatic rings. The molecule has 0 aromatic heterocycles. The minimum atomic E-state index is -3.14. The lowest BCUT2D eigenvalue weighted by atomic mass is 10.2. The lowest BCUT2D eigenvalue weighted by molar-refractivity contribution is 0.0427. The fourth-order valence-corrected chi connectivity index (χ4v) is 2.18. The summed E-state index contributed by atoms with van der Waals surface area (Å²) in [5.74, 6) is 0. The van der Waals surface area contributed by atoms with Crippen LogP contribution >= 0.6 is 0 Å². The fraction of sp³-hybridized carbons (Fsp3) is 0.538. The molecule has 0 radical (unpaired) electrons. The Balaban J connectivity index is 2.38. The van der Waals surface area contributed by atoms with Crippen molar-refractivity contribution >= 4 is 9.84 Å². The topological polar surface area (TPSA) is 75.6 Å². The van der Waals surface area contributed by atoms with Crippen LogP contribution in [0.1, 0.15) is 12.5 Å². The zero-order valence-corrected chi connectivity index (χ0v) is 12.1. The van der Waals surface area contributed by atoms with Crippen molar-refractivity contribution in [1.29, 1.82) is 0 Å². The Labute approximate surface area is 114 Å². The number of benzene rings is 1. The zero-order valence-electron chi connectivity index (χ0n) is 11.3. The third-order valence-electron chi connectivity index (χ3n) is 2.57. The van der Waals surface area contributed by atoms with Crippen LogP contribution in [-0.4, -0.2) is 45.6 Å². The van der Waals surface area contributed by atoms with E-state index in [0.29, 0.717) is 31.2 Å². The summed E-state index contributed by atoms with van der Waals surface area (Å²) < 4.78 is 27.7. The van der Waals surface area contributed by atoms with Gasteiger partial charge in [-0.15, -0.1) is 0 Å². The van der Waals surface area contributed by atoms with Crippen LogP contribution in [0.25, 0.3) is 0 Å². The van der Waals surface area contributed by atoms with Crippen LogP contribution in [0.2, 0.25) is 0 Å². The minimum absolute atomic E-state index is 0.313. The maximum Gasteiger partial charge on any atom is 0.175 e. The lowest BCUT2D eigenvalue weighted by Crippen LogP contribution is -2.30. The van der Waals surface area contributed by atoms with E-state index in [2.05, 4.69) is 5.32 Å². The van der Waals surface area contributed by atoms with Crippen molar-refractivity contribution in [3.63, 3.8) is 0 Å². The van der Waals surface area contributed by atoms with Gasteiger partial charge >= 0.3 is 0 Å². The maximum atomic E-state index is 11.3. The van der Waals surface area contributed by atoms with Gasteiger partial charge in [0, 0.05) is 26.0 Å². The summed E-state index contributed by atoms with van der Waals surface area (Å²) in [6, 6.07) is 6.70. The van der Waals surface area contributed by atoms with Gasteiger partial charge in [0.1, 0.15) is 0 Å².